The molecular formula is C16H17Cl2N3OS. The molecule has 122 valence electrons. The molecule has 1 aromatic heterocycles. The van der Waals surface area contributed by atoms with E-state index in [4.69, 9.17) is 23.2 Å². The molecule has 0 fully saturated rings. The maximum absolute atomic E-state index is 12.3. The number of hydrogen-bond donors (Lipinski definition) is 2. The van der Waals surface area contributed by atoms with E-state index in [0.29, 0.717) is 0 Å². The van der Waals surface area contributed by atoms with E-state index in [-0.39, 0.29) is 18.4 Å². The fourth-order valence-electron chi connectivity index (χ4n) is 2.67. The average molecular weight is 370 g/mol. The highest BCUT2D eigenvalue weighted by atomic mass is 35.5. The molecular weight excluding hydrogens is 353 g/mol. The monoisotopic (exact) mass is 369 g/mol. The van der Waals surface area contributed by atoms with Gasteiger partial charge in [0.15, 0.2) is 5.13 Å². The number of anilines is 2. The highest BCUT2D eigenvalue weighted by Crippen LogP contribution is 2.37. The number of thiazole rings is 1. The smallest absolute Gasteiger partial charge is 0.229 e. The number of nitrogens with zero attached hydrogens (tertiary/aromatic N) is 1. The van der Waals surface area contributed by atoms with Gasteiger partial charge >= 0.3 is 0 Å². The van der Waals surface area contributed by atoms with E-state index in [2.05, 4.69) is 15.6 Å². The Hall–Kier alpha value is -1.30. The lowest BCUT2D eigenvalue weighted by atomic mass is 9.90. The van der Waals surface area contributed by atoms with Crippen molar-refractivity contribution in [2.75, 3.05) is 11.9 Å². The number of fused-ring (bicyclic) bond motifs is 1. The number of aryl methyl sites for hydroxylation is 1. The first-order valence-electron chi connectivity index (χ1n) is 7.51. The summed E-state index contributed by atoms with van der Waals surface area (Å²) in [6.07, 6.45) is 2.77. The van der Waals surface area contributed by atoms with Gasteiger partial charge in [-0.15, -0.1) is 34.5 Å². The Bertz CT molecular complexity index is 675. The number of hydrogen-bond acceptors (Lipinski definition) is 4. The third kappa shape index (κ3) is 4.16. The second kappa shape index (κ2) is 7.51. The van der Waals surface area contributed by atoms with Crippen molar-refractivity contribution in [1.82, 2.24) is 10.3 Å². The molecule has 0 bridgehead atoms. The molecule has 0 aliphatic heterocycles. The lowest BCUT2D eigenvalue weighted by Crippen LogP contribution is -2.34. The van der Waals surface area contributed by atoms with Crippen molar-refractivity contribution in [3.05, 3.63) is 40.9 Å². The van der Waals surface area contributed by atoms with Crippen LogP contribution in [0.15, 0.2) is 30.3 Å². The number of aromatic nitrogens is 1. The van der Waals surface area contributed by atoms with Crippen LogP contribution in [-0.2, 0) is 11.2 Å². The van der Waals surface area contributed by atoms with E-state index >= 15 is 0 Å². The van der Waals surface area contributed by atoms with Crippen molar-refractivity contribution in [2.24, 2.45) is 0 Å². The minimum Gasteiger partial charge on any atom is -0.353 e. The molecule has 23 heavy (non-hydrogen) atoms. The van der Waals surface area contributed by atoms with Gasteiger partial charge in [0, 0.05) is 17.1 Å². The van der Waals surface area contributed by atoms with Crippen LogP contribution in [0.3, 0.4) is 0 Å². The molecule has 2 aromatic rings. The third-order valence-corrected chi connectivity index (χ3v) is 5.08. The van der Waals surface area contributed by atoms with Crippen LogP contribution in [0.4, 0.5) is 10.8 Å². The van der Waals surface area contributed by atoms with Gasteiger partial charge in [-0.05, 0) is 31.4 Å². The van der Waals surface area contributed by atoms with Gasteiger partial charge in [-0.3, -0.25) is 4.79 Å². The molecule has 3 rings (SSSR count). The summed E-state index contributed by atoms with van der Waals surface area (Å²) in [5.74, 6) is -0.262. The van der Waals surface area contributed by atoms with Gasteiger partial charge in [-0.25, -0.2) is 4.98 Å². The van der Waals surface area contributed by atoms with Crippen LogP contribution < -0.4 is 10.6 Å². The van der Waals surface area contributed by atoms with E-state index in [1.807, 2.05) is 30.3 Å². The summed E-state index contributed by atoms with van der Waals surface area (Å²) in [5, 5.41) is 6.92. The maximum Gasteiger partial charge on any atom is 0.229 e. The van der Waals surface area contributed by atoms with E-state index in [1.54, 1.807) is 11.3 Å². The Morgan fingerprint density at radius 3 is 2.87 bits per heavy atom. The van der Waals surface area contributed by atoms with Crippen molar-refractivity contribution < 1.29 is 4.79 Å². The predicted octanol–water partition coefficient (Wildman–Crippen LogP) is 4.23. The van der Waals surface area contributed by atoms with Crippen molar-refractivity contribution >= 4 is 51.3 Å². The molecule has 1 amide bonds. The molecule has 2 N–H and O–H groups in total. The van der Waals surface area contributed by atoms with Crippen LogP contribution in [0.5, 0.6) is 0 Å². The van der Waals surface area contributed by atoms with Crippen LogP contribution in [0.2, 0.25) is 0 Å². The Balaban J connectivity index is 1.75. The summed E-state index contributed by atoms with van der Waals surface area (Å²) in [6, 6.07) is 9.90. The molecule has 1 aromatic carbocycles. The van der Waals surface area contributed by atoms with Crippen molar-refractivity contribution in [1.29, 1.82) is 0 Å². The first-order chi connectivity index (χ1) is 11.1. The molecule has 0 radical (unpaired) electrons. The standard InChI is InChI=1S/C16H17Cl2N3OS/c17-13(18)9-19-15(22)11-7-4-8-12-14(11)21-16(23-12)20-10-5-2-1-3-6-10/h1-3,5-6,11,13H,4,7-9H2,(H,19,22)(H,20,21). The number of benzene rings is 1. The number of carbonyl (C=O) groups excluding carboxylic acids is 1. The molecule has 7 heteroatoms. The normalized spacial score (nSPS) is 16.9. The zero-order valence-corrected chi connectivity index (χ0v) is 14.7. The van der Waals surface area contributed by atoms with E-state index in [1.165, 1.54) is 4.88 Å². The minimum absolute atomic E-state index is 0.0474. The lowest BCUT2D eigenvalue weighted by molar-refractivity contribution is -0.122. The Morgan fingerprint density at radius 1 is 1.35 bits per heavy atom. The van der Waals surface area contributed by atoms with Gasteiger partial charge in [0.1, 0.15) is 4.84 Å². The van der Waals surface area contributed by atoms with Gasteiger partial charge < -0.3 is 10.6 Å². The second-order valence-electron chi connectivity index (χ2n) is 5.40. The number of halogens is 2. The third-order valence-electron chi connectivity index (χ3n) is 3.73. The molecule has 1 unspecified atom stereocenters. The molecule has 1 aliphatic carbocycles. The molecule has 4 nitrogen and oxygen atoms in total. The molecule has 1 aliphatic rings. The first kappa shape index (κ1) is 16.6. The summed E-state index contributed by atoms with van der Waals surface area (Å²) < 4.78 is 0. The van der Waals surface area contributed by atoms with Gasteiger partial charge in [-0.2, -0.15) is 0 Å². The number of nitrogens with one attached hydrogen (secondary N) is 2. The average Bonchev–Trinajstić information content (AvgIpc) is 2.95. The Kier molecular flexibility index (Phi) is 5.41. The minimum atomic E-state index is -0.590. The summed E-state index contributed by atoms with van der Waals surface area (Å²) in [4.78, 5) is 17.6. The van der Waals surface area contributed by atoms with Gasteiger partial charge in [-0.1, -0.05) is 18.2 Å². The number of amides is 1. The zero-order chi connectivity index (χ0) is 16.2. The van der Waals surface area contributed by atoms with Crippen LogP contribution >= 0.6 is 34.5 Å². The highest BCUT2D eigenvalue weighted by Gasteiger charge is 2.30. The summed E-state index contributed by atoms with van der Waals surface area (Å²) in [6.45, 7) is 0.257. The maximum atomic E-state index is 12.3. The first-order valence-corrected chi connectivity index (χ1v) is 9.20. The van der Waals surface area contributed by atoms with Crippen LogP contribution in [0, 0.1) is 0 Å². The summed E-state index contributed by atoms with van der Waals surface area (Å²) in [5.41, 5.74) is 1.88. The second-order valence-corrected chi connectivity index (χ2v) is 7.76. The van der Waals surface area contributed by atoms with E-state index < -0.39 is 4.84 Å². The molecule has 0 spiro atoms. The number of alkyl halides is 2. The fourth-order valence-corrected chi connectivity index (χ4v) is 3.91. The van der Waals surface area contributed by atoms with Crippen LogP contribution in [0.25, 0.3) is 0 Å². The van der Waals surface area contributed by atoms with Gasteiger partial charge in [0.05, 0.1) is 11.6 Å². The van der Waals surface area contributed by atoms with Crippen LogP contribution in [-0.4, -0.2) is 22.3 Å². The quantitative estimate of drug-likeness (QED) is 0.775. The molecule has 1 atom stereocenters. The van der Waals surface area contributed by atoms with Crippen LogP contribution in [0.1, 0.15) is 29.3 Å². The lowest BCUT2D eigenvalue weighted by Gasteiger charge is -2.20. The van der Waals surface area contributed by atoms with Crippen molar-refractivity contribution in [3.8, 4) is 0 Å². The topological polar surface area (TPSA) is 54.0 Å². The Labute approximate surface area is 149 Å². The number of rotatable bonds is 5. The van der Waals surface area contributed by atoms with Gasteiger partial charge in [0.25, 0.3) is 0 Å². The molecule has 1 heterocycles. The molecule has 0 saturated carbocycles. The largest absolute Gasteiger partial charge is 0.353 e. The SMILES string of the molecule is O=C(NCC(Cl)Cl)C1CCCc2sc(Nc3ccccc3)nc21. The van der Waals surface area contributed by atoms with E-state index in [0.717, 1.165) is 35.8 Å². The summed E-state index contributed by atoms with van der Waals surface area (Å²) in [7, 11) is 0. The predicted molar refractivity (Wildman–Crippen MR) is 96.0 cm³/mol. The molecule has 0 saturated heterocycles. The summed E-state index contributed by atoms with van der Waals surface area (Å²) >= 11 is 13.0. The van der Waals surface area contributed by atoms with E-state index in [9.17, 15) is 4.79 Å². The zero-order valence-electron chi connectivity index (χ0n) is 12.4. The fraction of sp³-hybridized carbons (Fsp3) is 0.375. The van der Waals surface area contributed by atoms with Gasteiger partial charge in [0.2, 0.25) is 5.91 Å². The number of carbonyl (C=O) groups is 1. The Morgan fingerprint density at radius 2 is 2.13 bits per heavy atom. The van der Waals surface area contributed by atoms with Crippen molar-refractivity contribution in [2.45, 2.75) is 30.0 Å². The van der Waals surface area contributed by atoms with Crippen molar-refractivity contribution in [3.63, 3.8) is 0 Å². The number of para-hydroxylation sites is 1. The highest BCUT2D eigenvalue weighted by molar-refractivity contribution is 7.15.